The molecule has 100 valence electrons. The maximum Gasteiger partial charge on any atom is 0.122 e. The Balaban J connectivity index is 2.17. The number of hydrogen-bond acceptors (Lipinski definition) is 3. The Morgan fingerprint density at radius 2 is 2.00 bits per heavy atom. The molecule has 2 atom stereocenters. The van der Waals surface area contributed by atoms with Crippen LogP contribution in [0, 0.1) is 5.92 Å². The Hall–Kier alpha value is -1.22. The van der Waals surface area contributed by atoms with Crippen molar-refractivity contribution in [2.24, 2.45) is 5.92 Å². The Labute approximate surface area is 110 Å². The largest absolute Gasteiger partial charge is 0.508 e. The highest BCUT2D eigenvalue weighted by Gasteiger charge is 2.30. The van der Waals surface area contributed by atoms with Gasteiger partial charge in [0.2, 0.25) is 0 Å². The third-order valence-corrected chi connectivity index (χ3v) is 4.24. The van der Waals surface area contributed by atoms with Gasteiger partial charge in [0.15, 0.2) is 0 Å². The first kappa shape index (κ1) is 13.2. The molecule has 2 N–H and O–H groups in total. The predicted molar refractivity (Wildman–Crippen MR) is 76.2 cm³/mol. The van der Waals surface area contributed by atoms with E-state index < -0.39 is 0 Å². The zero-order valence-corrected chi connectivity index (χ0v) is 11.8. The summed E-state index contributed by atoms with van der Waals surface area (Å²) in [6, 6.07) is 6.72. The second-order valence-electron chi connectivity index (χ2n) is 5.44. The van der Waals surface area contributed by atoms with E-state index in [0.717, 1.165) is 17.2 Å². The predicted octanol–water partition coefficient (Wildman–Crippen LogP) is 2.91. The molecule has 1 fully saturated rings. The van der Waals surface area contributed by atoms with Crippen LogP contribution in [-0.2, 0) is 0 Å². The van der Waals surface area contributed by atoms with Gasteiger partial charge in [0, 0.05) is 36.4 Å². The first-order valence-corrected chi connectivity index (χ1v) is 6.77. The van der Waals surface area contributed by atoms with E-state index in [1.807, 2.05) is 26.1 Å². The summed E-state index contributed by atoms with van der Waals surface area (Å²) in [5, 5.41) is 13.3. The van der Waals surface area contributed by atoms with Crippen LogP contribution in [0.25, 0.3) is 0 Å². The number of rotatable bonds is 5. The minimum Gasteiger partial charge on any atom is -0.508 e. The molecular formula is C15H24N2O. The van der Waals surface area contributed by atoms with E-state index in [2.05, 4.69) is 30.3 Å². The van der Waals surface area contributed by atoms with Crippen LogP contribution in [0.3, 0.4) is 0 Å². The van der Waals surface area contributed by atoms with E-state index in [-0.39, 0.29) is 6.04 Å². The zero-order valence-electron chi connectivity index (χ0n) is 11.8. The summed E-state index contributed by atoms with van der Waals surface area (Å²) in [6.45, 7) is 4.31. The second kappa shape index (κ2) is 5.19. The lowest BCUT2D eigenvalue weighted by Crippen LogP contribution is -2.30. The Kier molecular flexibility index (Phi) is 3.81. The molecule has 0 radical (unpaired) electrons. The lowest BCUT2D eigenvalue weighted by atomic mass is 10.1. The van der Waals surface area contributed by atoms with Gasteiger partial charge in [0.25, 0.3) is 0 Å². The highest BCUT2D eigenvalue weighted by molar-refractivity contribution is 5.54. The van der Waals surface area contributed by atoms with Crippen molar-refractivity contribution < 1.29 is 5.11 Å². The molecule has 1 aliphatic rings. The van der Waals surface area contributed by atoms with E-state index in [0.29, 0.717) is 11.8 Å². The van der Waals surface area contributed by atoms with Crippen molar-refractivity contribution in [3.05, 3.63) is 23.8 Å². The van der Waals surface area contributed by atoms with E-state index in [1.165, 1.54) is 12.8 Å². The van der Waals surface area contributed by atoms with Crippen molar-refractivity contribution in [1.82, 2.24) is 5.32 Å². The summed E-state index contributed by atoms with van der Waals surface area (Å²) in [5.41, 5.74) is 2.05. The first-order chi connectivity index (χ1) is 8.54. The first-order valence-electron chi connectivity index (χ1n) is 6.77. The summed E-state index contributed by atoms with van der Waals surface area (Å²) in [7, 11) is 4.01. The van der Waals surface area contributed by atoms with E-state index in [1.54, 1.807) is 0 Å². The van der Waals surface area contributed by atoms with Crippen LogP contribution in [0.4, 0.5) is 5.69 Å². The third-order valence-electron chi connectivity index (χ3n) is 4.24. The van der Waals surface area contributed by atoms with Crippen molar-refractivity contribution in [3.63, 3.8) is 0 Å². The number of anilines is 1. The number of phenolic OH excluding ortho intramolecular Hbond substituents is 1. The van der Waals surface area contributed by atoms with Crippen molar-refractivity contribution in [2.45, 2.75) is 38.8 Å². The summed E-state index contributed by atoms with van der Waals surface area (Å²) in [6.07, 6.45) is 2.68. The molecule has 0 aliphatic heterocycles. The highest BCUT2D eigenvalue weighted by atomic mass is 16.3. The van der Waals surface area contributed by atoms with Crippen LogP contribution < -0.4 is 10.2 Å². The van der Waals surface area contributed by atoms with Crippen LogP contribution in [0.2, 0.25) is 0 Å². The number of hydrogen-bond donors (Lipinski definition) is 2. The average Bonchev–Trinajstić information content (AvgIpc) is 3.20. The Morgan fingerprint density at radius 3 is 2.50 bits per heavy atom. The third kappa shape index (κ3) is 2.61. The van der Waals surface area contributed by atoms with Gasteiger partial charge >= 0.3 is 0 Å². The summed E-state index contributed by atoms with van der Waals surface area (Å²) in [4.78, 5) is 2.27. The van der Waals surface area contributed by atoms with Crippen LogP contribution in [0.5, 0.6) is 5.75 Å². The fourth-order valence-electron chi connectivity index (χ4n) is 2.40. The van der Waals surface area contributed by atoms with E-state index >= 15 is 0 Å². The van der Waals surface area contributed by atoms with Gasteiger partial charge in [-0.3, -0.25) is 0 Å². The molecule has 18 heavy (non-hydrogen) atoms. The average molecular weight is 248 g/mol. The molecule has 2 unspecified atom stereocenters. The van der Waals surface area contributed by atoms with Gasteiger partial charge in [-0.2, -0.15) is 0 Å². The quantitative estimate of drug-likeness (QED) is 0.841. The standard InChI is InChI=1S/C15H24N2O/c1-10(16-3)14-8-7-13(9-15(14)18)17(4)11(2)12-5-6-12/h7-12,16,18H,5-6H2,1-4H3. The van der Waals surface area contributed by atoms with Gasteiger partial charge in [-0.05, 0) is 45.7 Å². The molecule has 1 aromatic rings. The zero-order chi connectivity index (χ0) is 13.3. The van der Waals surface area contributed by atoms with Gasteiger partial charge in [0.1, 0.15) is 5.75 Å². The normalized spacial score (nSPS) is 18.4. The number of phenols is 1. The summed E-state index contributed by atoms with van der Waals surface area (Å²) in [5.74, 6) is 1.21. The number of aromatic hydroxyl groups is 1. The minimum absolute atomic E-state index is 0.171. The van der Waals surface area contributed by atoms with Gasteiger partial charge in [0.05, 0.1) is 0 Å². The van der Waals surface area contributed by atoms with Gasteiger partial charge in [-0.15, -0.1) is 0 Å². The Bertz CT molecular complexity index is 415. The fraction of sp³-hybridized carbons (Fsp3) is 0.600. The van der Waals surface area contributed by atoms with Crippen molar-refractivity contribution in [2.75, 3.05) is 19.0 Å². The van der Waals surface area contributed by atoms with Gasteiger partial charge < -0.3 is 15.3 Å². The van der Waals surface area contributed by atoms with Crippen LogP contribution >= 0.6 is 0 Å². The summed E-state index contributed by atoms with van der Waals surface area (Å²) < 4.78 is 0. The molecule has 0 bridgehead atoms. The van der Waals surface area contributed by atoms with Crippen molar-refractivity contribution in [1.29, 1.82) is 0 Å². The van der Waals surface area contributed by atoms with Crippen LogP contribution in [0.1, 0.15) is 38.3 Å². The maximum absolute atomic E-state index is 10.1. The summed E-state index contributed by atoms with van der Waals surface area (Å²) >= 11 is 0. The molecule has 0 spiro atoms. The fourth-order valence-corrected chi connectivity index (χ4v) is 2.40. The topological polar surface area (TPSA) is 35.5 Å². The minimum atomic E-state index is 0.171. The molecule has 2 rings (SSSR count). The molecule has 1 aliphatic carbocycles. The van der Waals surface area contributed by atoms with Crippen molar-refractivity contribution in [3.8, 4) is 5.75 Å². The van der Waals surface area contributed by atoms with Crippen LogP contribution in [-0.4, -0.2) is 25.2 Å². The SMILES string of the molecule is CNC(C)c1ccc(N(C)C(C)C2CC2)cc1O. The smallest absolute Gasteiger partial charge is 0.122 e. The highest BCUT2D eigenvalue weighted by Crippen LogP contribution is 2.37. The van der Waals surface area contributed by atoms with Gasteiger partial charge in [-0.1, -0.05) is 6.07 Å². The van der Waals surface area contributed by atoms with Crippen molar-refractivity contribution >= 4 is 5.69 Å². The molecule has 0 heterocycles. The number of nitrogens with zero attached hydrogens (tertiary/aromatic N) is 1. The molecular weight excluding hydrogens is 224 g/mol. The Morgan fingerprint density at radius 1 is 1.33 bits per heavy atom. The maximum atomic E-state index is 10.1. The van der Waals surface area contributed by atoms with E-state index in [4.69, 9.17) is 0 Å². The molecule has 3 nitrogen and oxygen atoms in total. The van der Waals surface area contributed by atoms with E-state index in [9.17, 15) is 5.11 Å². The lowest BCUT2D eigenvalue weighted by molar-refractivity contribution is 0.457. The molecule has 3 heteroatoms. The lowest BCUT2D eigenvalue weighted by Gasteiger charge is -2.27. The molecule has 1 aromatic carbocycles. The van der Waals surface area contributed by atoms with Gasteiger partial charge in [-0.25, -0.2) is 0 Å². The second-order valence-corrected chi connectivity index (χ2v) is 5.44. The molecule has 0 saturated heterocycles. The monoisotopic (exact) mass is 248 g/mol. The molecule has 1 saturated carbocycles. The van der Waals surface area contributed by atoms with Crippen LogP contribution in [0.15, 0.2) is 18.2 Å². The number of benzene rings is 1. The molecule has 0 amide bonds. The number of nitrogens with one attached hydrogen (secondary N) is 1. The molecule has 0 aromatic heterocycles.